The number of hydrogen-bond donors (Lipinski definition) is 3. The Kier molecular flexibility index (Phi) is 3.11. The molecule has 1 unspecified atom stereocenters. The van der Waals surface area contributed by atoms with Gasteiger partial charge >= 0.3 is 5.97 Å². The average Bonchev–Trinajstić information content (AvgIpc) is 2.46. The SMILES string of the molecule is Cl.O=C(O)C1NC2=C(CNC=C2)S1. The van der Waals surface area contributed by atoms with Crippen LogP contribution in [-0.2, 0) is 4.79 Å². The summed E-state index contributed by atoms with van der Waals surface area (Å²) in [7, 11) is 0. The van der Waals surface area contributed by atoms with E-state index in [-0.39, 0.29) is 12.4 Å². The number of aliphatic carboxylic acids is 1. The summed E-state index contributed by atoms with van der Waals surface area (Å²) in [5, 5.41) is 14.1. The predicted molar refractivity (Wildman–Crippen MR) is 53.6 cm³/mol. The fourth-order valence-electron chi connectivity index (χ4n) is 1.14. The van der Waals surface area contributed by atoms with E-state index >= 15 is 0 Å². The minimum Gasteiger partial charge on any atom is -0.479 e. The van der Waals surface area contributed by atoms with Gasteiger partial charge in [-0.1, -0.05) is 11.8 Å². The van der Waals surface area contributed by atoms with Gasteiger partial charge in [-0.15, -0.1) is 12.4 Å². The third kappa shape index (κ3) is 1.92. The normalized spacial score (nSPS) is 24.2. The molecule has 0 saturated carbocycles. The van der Waals surface area contributed by atoms with Gasteiger partial charge in [0.05, 0.1) is 0 Å². The molecule has 72 valence electrons. The molecule has 0 aromatic carbocycles. The molecule has 4 nitrogen and oxygen atoms in total. The number of allylic oxidation sites excluding steroid dienone is 1. The van der Waals surface area contributed by atoms with Crippen LogP contribution in [0.15, 0.2) is 22.9 Å². The molecule has 0 bridgehead atoms. The van der Waals surface area contributed by atoms with Crippen molar-refractivity contribution in [3.63, 3.8) is 0 Å². The maximum Gasteiger partial charge on any atom is 0.337 e. The lowest BCUT2D eigenvalue weighted by Gasteiger charge is -2.07. The third-order valence-corrected chi connectivity index (χ3v) is 2.91. The van der Waals surface area contributed by atoms with Crippen molar-refractivity contribution < 1.29 is 9.90 Å². The molecule has 0 aromatic heterocycles. The maximum atomic E-state index is 10.6. The molecule has 0 saturated heterocycles. The zero-order valence-electron chi connectivity index (χ0n) is 6.61. The molecule has 2 heterocycles. The van der Waals surface area contributed by atoms with E-state index in [1.165, 1.54) is 11.8 Å². The molecule has 0 radical (unpaired) electrons. The van der Waals surface area contributed by atoms with Crippen molar-refractivity contribution in [2.45, 2.75) is 5.37 Å². The quantitative estimate of drug-likeness (QED) is 0.600. The van der Waals surface area contributed by atoms with Crippen LogP contribution in [0, 0.1) is 0 Å². The van der Waals surface area contributed by atoms with Crippen LogP contribution in [0.5, 0.6) is 0 Å². The lowest BCUT2D eigenvalue weighted by atomic mass is 10.3. The van der Waals surface area contributed by atoms with Crippen LogP contribution in [0.4, 0.5) is 0 Å². The summed E-state index contributed by atoms with van der Waals surface area (Å²) in [6.45, 7) is 0.729. The zero-order chi connectivity index (χ0) is 8.55. The van der Waals surface area contributed by atoms with Gasteiger partial charge < -0.3 is 15.7 Å². The molecule has 0 aromatic rings. The molecule has 13 heavy (non-hydrogen) atoms. The van der Waals surface area contributed by atoms with Gasteiger partial charge in [0, 0.05) is 17.1 Å². The molecule has 2 rings (SSSR count). The van der Waals surface area contributed by atoms with Crippen molar-refractivity contribution in [1.29, 1.82) is 0 Å². The van der Waals surface area contributed by atoms with Crippen molar-refractivity contribution >= 4 is 30.1 Å². The molecule has 0 aliphatic carbocycles. The van der Waals surface area contributed by atoms with Crippen molar-refractivity contribution in [2.75, 3.05) is 6.54 Å². The summed E-state index contributed by atoms with van der Waals surface area (Å²) in [6, 6.07) is 0. The van der Waals surface area contributed by atoms with Gasteiger partial charge in [0.1, 0.15) is 0 Å². The Labute approximate surface area is 85.9 Å². The molecule has 2 aliphatic heterocycles. The van der Waals surface area contributed by atoms with Crippen LogP contribution >= 0.6 is 24.2 Å². The van der Waals surface area contributed by atoms with E-state index in [4.69, 9.17) is 5.11 Å². The lowest BCUT2D eigenvalue weighted by Crippen LogP contribution is -2.28. The first-order chi connectivity index (χ1) is 5.77. The smallest absolute Gasteiger partial charge is 0.337 e. The Morgan fingerprint density at radius 3 is 3.08 bits per heavy atom. The highest BCUT2D eigenvalue weighted by molar-refractivity contribution is 8.04. The van der Waals surface area contributed by atoms with Gasteiger partial charge in [-0.05, 0) is 12.3 Å². The number of halogens is 1. The predicted octanol–water partition coefficient (Wildman–Crippen LogP) is 0.484. The second kappa shape index (κ2) is 3.93. The molecule has 0 fully saturated rings. The van der Waals surface area contributed by atoms with Crippen molar-refractivity contribution in [2.24, 2.45) is 0 Å². The van der Waals surface area contributed by atoms with E-state index in [2.05, 4.69) is 10.6 Å². The summed E-state index contributed by atoms with van der Waals surface area (Å²) in [6.07, 6.45) is 3.67. The van der Waals surface area contributed by atoms with Crippen molar-refractivity contribution in [3.8, 4) is 0 Å². The van der Waals surface area contributed by atoms with E-state index in [0.717, 1.165) is 17.1 Å². The first-order valence-electron chi connectivity index (χ1n) is 3.56. The van der Waals surface area contributed by atoms with Crippen LogP contribution in [-0.4, -0.2) is 23.0 Å². The minimum absolute atomic E-state index is 0. The molecular weight excluding hydrogens is 212 g/mol. The lowest BCUT2D eigenvalue weighted by molar-refractivity contribution is -0.136. The zero-order valence-corrected chi connectivity index (χ0v) is 8.24. The number of rotatable bonds is 1. The van der Waals surface area contributed by atoms with Crippen molar-refractivity contribution in [3.05, 3.63) is 22.9 Å². The van der Waals surface area contributed by atoms with Crippen LogP contribution < -0.4 is 10.6 Å². The highest BCUT2D eigenvalue weighted by Crippen LogP contribution is 2.31. The Morgan fingerprint density at radius 1 is 1.69 bits per heavy atom. The largest absolute Gasteiger partial charge is 0.479 e. The summed E-state index contributed by atoms with van der Waals surface area (Å²) in [5.74, 6) is -0.817. The third-order valence-electron chi connectivity index (χ3n) is 1.70. The van der Waals surface area contributed by atoms with Gasteiger partial charge in [0.15, 0.2) is 5.37 Å². The van der Waals surface area contributed by atoms with Gasteiger partial charge in [0.2, 0.25) is 0 Å². The summed E-state index contributed by atoms with van der Waals surface area (Å²) >= 11 is 1.36. The second-order valence-corrected chi connectivity index (χ2v) is 3.73. The number of dihydropyridines is 1. The standard InChI is InChI=1S/C7H8N2O2S.ClH/c10-7(11)6-9-4-1-2-8-3-5(4)12-6;/h1-2,6,8-9H,3H2,(H,10,11);1H. The molecule has 1 atom stereocenters. The van der Waals surface area contributed by atoms with Gasteiger partial charge in [-0.2, -0.15) is 0 Å². The summed E-state index contributed by atoms with van der Waals surface area (Å²) < 4.78 is 0. The Balaban J connectivity index is 0.000000845. The first-order valence-corrected chi connectivity index (χ1v) is 4.44. The topological polar surface area (TPSA) is 61.4 Å². The van der Waals surface area contributed by atoms with Crippen molar-refractivity contribution in [1.82, 2.24) is 10.6 Å². The van der Waals surface area contributed by atoms with E-state index < -0.39 is 11.3 Å². The van der Waals surface area contributed by atoms with Gasteiger partial charge in [-0.25, -0.2) is 4.79 Å². The highest BCUT2D eigenvalue weighted by atomic mass is 35.5. The van der Waals surface area contributed by atoms with E-state index in [0.29, 0.717) is 0 Å². The van der Waals surface area contributed by atoms with E-state index in [9.17, 15) is 4.79 Å². The van der Waals surface area contributed by atoms with Gasteiger partial charge in [0.25, 0.3) is 0 Å². The fraction of sp³-hybridized carbons (Fsp3) is 0.286. The molecule has 6 heteroatoms. The van der Waals surface area contributed by atoms with Crippen LogP contribution in [0.3, 0.4) is 0 Å². The monoisotopic (exact) mass is 220 g/mol. The number of carboxylic acid groups (broad SMARTS) is 1. The number of thioether (sulfide) groups is 1. The van der Waals surface area contributed by atoms with Crippen LogP contribution in [0.25, 0.3) is 0 Å². The Morgan fingerprint density at radius 2 is 2.46 bits per heavy atom. The maximum absolute atomic E-state index is 10.6. The Bertz CT molecular complexity index is 290. The molecule has 3 N–H and O–H groups in total. The highest BCUT2D eigenvalue weighted by Gasteiger charge is 2.28. The molecule has 0 amide bonds. The number of hydrogen-bond acceptors (Lipinski definition) is 4. The van der Waals surface area contributed by atoms with Gasteiger partial charge in [-0.3, -0.25) is 0 Å². The Hall–Kier alpha value is -0.810. The summed E-state index contributed by atoms with van der Waals surface area (Å²) in [4.78, 5) is 11.7. The van der Waals surface area contributed by atoms with Crippen LogP contribution in [0.2, 0.25) is 0 Å². The fourth-order valence-corrected chi connectivity index (χ4v) is 2.13. The molecular formula is C7H9ClN2O2S. The average molecular weight is 221 g/mol. The minimum atomic E-state index is -0.817. The second-order valence-electron chi connectivity index (χ2n) is 2.53. The van der Waals surface area contributed by atoms with E-state index in [1.54, 1.807) is 0 Å². The number of carboxylic acids is 1. The molecule has 2 aliphatic rings. The van der Waals surface area contributed by atoms with Crippen LogP contribution in [0.1, 0.15) is 0 Å². The first kappa shape index (κ1) is 10.3. The number of nitrogens with one attached hydrogen (secondary N) is 2. The summed E-state index contributed by atoms with van der Waals surface area (Å²) in [5.41, 5.74) is 0.936. The molecule has 0 spiro atoms. The number of carbonyl (C=O) groups is 1. The van der Waals surface area contributed by atoms with E-state index in [1.807, 2.05) is 12.3 Å².